The van der Waals surface area contributed by atoms with E-state index >= 15 is 0 Å². The van der Waals surface area contributed by atoms with Crippen molar-refractivity contribution in [1.29, 1.82) is 0 Å². The normalized spacial score (nSPS) is 16.5. The number of carbonyl (C=O) groups excluding carboxylic acids is 2. The van der Waals surface area contributed by atoms with Gasteiger partial charge < -0.3 is 15.4 Å². The highest BCUT2D eigenvalue weighted by molar-refractivity contribution is 7.99. The summed E-state index contributed by atoms with van der Waals surface area (Å²) < 4.78 is 5.45. The molecule has 1 atom stereocenters. The smallest absolute Gasteiger partial charge is 0.338 e. The monoisotopic (exact) mass is 402 g/mol. The van der Waals surface area contributed by atoms with Crippen LogP contribution in [-0.4, -0.2) is 24.4 Å². The number of rotatable bonds is 6. The standard InChI is InChI=1S/C20H19ClN2O3S/c1-13-17(19(24)26-11-12-27-14-7-3-2-4-8-14)18(23-20(25)22-13)15-9-5-6-10-16(15)21/h2-10,18H,11-12H2,1H3,(H2,22,23,25). The zero-order valence-electron chi connectivity index (χ0n) is 14.7. The summed E-state index contributed by atoms with van der Waals surface area (Å²) in [4.78, 5) is 25.7. The SMILES string of the molecule is CC1=C(C(=O)OCCSc2ccccc2)C(c2ccccc2Cl)NC(=O)N1. The molecule has 1 aliphatic rings. The first-order chi connectivity index (χ1) is 13.1. The minimum atomic E-state index is -0.651. The number of hydrogen-bond donors (Lipinski definition) is 2. The van der Waals surface area contributed by atoms with Gasteiger partial charge in [-0.05, 0) is 30.7 Å². The Balaban J connectivity index is 1.69. The lowest BCUT2D eigenvalue weighted by atomic mass is 9.95. The van der Waals surface area contributed by atoms with Crippen molar-refractivity contribution in [3.8, 4) is 0 Å². The second kappa shape index (κ2) is 8.97. The van der Waals surface area contributed by atoms with Crippen LogP contribution in [0.25, 0.3) is 0 Å². The molecule has 0 fully saturated rings. The fourth-order valence-corrected chi connectivity index (χ4v) is 3.79. The van der Waals surface area contributed by atoms with Gasteiger partial charge in [-0.1, -0.05) is 48.0 Å². The van der Waals surface area contributed by atoms with Gasteiger partial charge in [0.25, 0.3) is 0 Å². The molecule has 0 aromatic heterocycles. The molecule has 5 nitrogen and oxygen atoms in total. The molecule has 0 saturated heterocycles. The molecule has 0 saturated carbocycles. The van der Waals surface area contributed by atoms with E-state index in [2.05, 4.69) is 10.6 Å². The summed E-state index contributed by atoms with van der Waals surface area (Å²) >= 11 is 7.88. The van der Waals surface area contributed by atoms with Crippen molar-refractivity contribution in [2.45, 2.75) is 17.9 Å². The number of hydrogen-bond acceptors (Lipinski definition) is 4. The summed E-state index contributed by atoms with van der Waals surface area (Å²) in [6, 6.07) is 16.0. The molecule has 1 heterocycles. The molecule has 140 valence electrons. The van der Waals surface area contributed by atoms with Crippen molar-refractivity contribution in [2.75, 3.05) is 12.4 Å². The maximum absolute atomic E-state index is 12.7. The first-order valence-corrected chi connectivity index (χ1v) is 9.80. The highest BCUT2D eigenvalue weighted by Crippen LogP contribution is 2.32. The molecule has 1 unspecified atom stereocenters. The fourth-order valence-electron chi connectivity index (χ4n) is 2.80. The molecule has 0 bridgehead atoms. The Morgan fingerprint density at radius 3 is 2.59 bits per heavy atom. The minimum absolute atomic E-state index is 0.262. The van der Waals surface area contributed by atoms with Crippen molar-refractivity contribution in [2.24, 2.45) is 0 Å². The van der Waals surface area contributed by atoms with Crippen LogP contribution in [-0.2, 0) is 9.53 Å². The number of halogens is 1. The fraction of sp³-hybridized carbons (Fsp3) is 0.200. The van der Waals surface area contributed by atoms with Crippen molar-refractivity contribution >= 4 is 35.4 Å². The molecule has 2 aromatic carbocycles. The number of ether oxygens (including phenoxy) is 1. The van der Waals surface area contributed by atoms with Gasteiger partial charge in [-0.15, -0.1) is 11.8 Å². The summed E-state index contributed by atoms with van der Waals surface area (Å²) in [6.45, 7) is 1.94. The van der Waals surface area contributed by atoms with Crippen LogP contribution in [0.2, 0.25) is 5.02 Å². The Kier molecular flexibility index (Phi) is 6.42. The summed E-state index contributed by atoms with van der Waals surface area (Å²) in [5.41, 5.74) is 1.47. The van der Waals surface area contributed by atoms with Crippen LogP contribution >= 0.6 is 23.4 Å². The molecule has 0 radical (unpaired) electrons. The molecule has 0 spiro atoms. The van der Waals surface area contributed by atoms with Gasteiger partial charge in [-0.3, -0.25) is 0 Å². The summed E-state index contributed by atoms with van der Waals surface area (Å²) in [6.07, 6.45) is 0. The Morgan fingerprint density at radius 1 is 1.15 bits per heavy atom. The Hall–Kier alpha value is -2.44. The second-order valence-corrected chi connectivity index (χ2v) is 7.46. The third kappa shape index (κ3) is 4.84. The summed E-state index contributed by atoms with van der Waals surface area (Å²) in [5.74, 6) is 0.164. The third-order valence-electron chi connectivity index (χ3n) is 4.03. The van der Waals surface area contributed by atoms with Gasteiger partial charge in [0, 0.05) is 21.4 Å². The maximum Gasteiger partial charge on any atom is 0.338 e. The van der Waals surface area contributed by atoms with Crippen LogP contribution in [0, 0.1) is 0 Å². The van der Waals surface area contributed by atoms with Gasteiger partial charge >= 0.3 is 12.0 Å². The lowest BCUT2D eigenvalue weighted by molar-refractivity contribution is -0.138. The van der Waals surface area contributed by atoms with Crippen LogP contribution in [0.4, 0.5) is 4.79 Å². The van der Waals surface area contributed by atoms with Crippen molar-refractivity contribution < 1.29 is 14.3 Å². The van der Waals surface area contributed by atoms with Gasteiger partial charge in [0.15, 0.2) is 0 Å². The largest absolute Gasteiger partial charge is 0.461 e. The van der Waals surface area contributed by atoms with Crippen LogP contribution < -0.4 is 10.6 Å². The number of esters is 1. The van der Waals surface area contributed by atoms with Crippen LogP contribution in [0.5, 0.6) is 0 Å². The van der Waals surface area contributed by atoms with Crippen LogP contribution in [0.3, 0.4) is 0 Å². The minimum Gasteiger partial charge on any atom is -0.461 e. The van der Waals surface area contributed by atoms with E-state index in [1.807, 2.05) is 36.4 Å². The summed E-state index contributed by atoms with van der Waals surface area (Å²) in [7, 11) is 0. The van der Waals surface area contributed by atoms with E-state index in [4.69, 9.17) is 16.3 Å². The number of nitrogens with one attached hydrogen (secondary N) is 2. The zero-order chi connectivity index (χ0) is 19.2. The first kappa shape index (κ1) is 19.3. The van der Waals surface area contributed by atoms with E-state index in [1.54, 1.807) is 36.9 Å². The van der Waals surface area contributed by atoms with Gasteiger partial charge in [-0.25, -0.2) is 9.59 Å². The molecule has 0 aliphatic carbocycles. The predicted molar refractivity (Wildman–Crippen MR) is 107 cm³/mol. The van der Waals surface area contributed by atoms with Gasteiger partial charge in [0.1, 0.15) is 6.61 Å². The second-order valence-electron chi connectivity index (χ2n) is 5.89. The molecule has 2 N–H and O–H groups in total. The Morgan fingerprint density at radius 2 is 1.85 bits per heavy atom. The van der Waals surface area contributed by atoms with Crippen molar-refractivity contribution in [1.82, 2.24) is 10.6 Å². The number of amides is 2. The van der Waals surface area contributed by atoms with E-state index in [0.29, 0.717) is 27.6 Å². The zero-order valence-corrected chi connectivity index (χ0v) is 16.3. The number of thioether (sulfide) groups is 1. The van der Waals surface area contributed by atoms with Crippen LogP contribution in [0.1, 0.15) is 18.5 Å². The van der Waals surface area contributed by atoms with Crippen molar-refractivity contribution in [3.05, 3.63) is 76.5 Å². The first-order valence-electron chi connectivity index (χ1n) is 8.44. The van der Waals surface area contributed by atoms with Gasteiger partial charge in [0.05, 0.1) is 11.6 Å². The molecular weight excluding hydrogens is 384 g/mol. The number of allylic oxidation sites excluding steroid dienone is 1. The topological polar surface area (TPSA) is 67.4 Å². The third-order valence-corrected chi connectivity index (χ3v) is 5.35. The van der Waals surface area contributed by atoms with Gasteiger partial charge in [-0.2, -0.15) is 0 Å². The number of urea groups is 1. The molecule has 1 aliphatic heterocycles. The molecule has 7 heteroatoms. The molecular formula is C20H19ClN2O3S. The molecule has 2 aromatic rings. The lowest BCUT2D eigenvalue weighted by Gasteiger charge is -2.28. The predicted octanol–water partition coefficient (Wildman–Crippen LogP) is 4.30. The van der Waals surface area contributed by atoms with Crippen LogP contribution in [0.15, 0.2) is 70.8 Å². The highest BCUT2D eigenvalue weighted by Gasteiger charge is 2.33. The van der Waals surface area contributed by atoms with E-state index < -0.39 is 12.0 Å². The maximum atomic E-state index is 12.7. The molecule has 27 heavy (non-hydrogen) atoms. The quantitative estimate of drug-likeness (QED) is 0.429. The molecule has 2 amide bonds. The van der Waals surface area contributed by atoms with Crippen molar-refractivity contribution in [3.63, 3.8) is 0 Å². The average molecular weight is 403 g/mol. The van der Waals surface area contributed by atoms with E-state index in [0.717, 1.165) is 4.90 Å². The summed E-state index contributed by atoms with van der Waals surface area (Å²) in [5, 5.41) is 5.85. The van der Waals surface area contributed by atoms with E-state index in [1.165, 1.54) is 0 Å². The highest BCUT2D eigenvalue weighted by atomic mass is 35.5. The molecule has 3 rings (SSSR count). The number of carbonyl (C=O) groups is 2. The van der Waals surface area contributed by atoms with Gasteiger partial charge in [0.2, 0.25) is 0 Å². The van der Waals surface area contributed by atoms with E-state index in [-0.39, 0.29) is 12.6 Å². The Bertz CT molecular complexity index is 871. The Labute approximate surface area is 167 Å². The number of benzene rings is 2. The van der Waals surface area contributed by atoms with E-state index in [9.17, 15) is 9.59 Å². The lowest BCUT2D eigenvalue weighted by Crippen LogP contribution is -2.45. The average Bonchev–Trinajstić information content (AvgIpc) is 2.65.